The van der Waals surface area contributed by atoms with E-state index in [9.17, 15) is 5.11 Å². The zero-order valence-electron chi connectivity index (χ0n) is 15.9. The molecule has 1 saturated heterocycles. The number of aryl methyl sites for hydroxylation is 1. The normalized spacial score (nSPS) is 19.2. The SMILES string of the molecule is Cc1cc(C2C(c3ccccn3)NC(=S)N2CCCO)c(C)n1-n1cnnc1. The summed E-state index contributed by atoms with van der Waals surface area (Å²) in [5.41, 5.74) is 4.26. The average molecular weight is 398 g/mol. The second-order valence-corrected chi connectivity index (χ2v) is 7.26. The fourth-order valence-electron chi connectivity index (χ4n) is 3.96. The molecule has 1 fully saturated rings. The second kappa shape index (κ2) is 7.69. The number of hydrogen-bond donors (Lipinski definition) is 2. The molecule has 1 aliphatic rings. The van der Waals surface area contributed by atoms with Crippen molar-refractivity contribution in [3.63, 3.8) is 0 Å². The van der Waals surface area contributed by atoms with E-state index in [0.29, 0.717) is 18.1 Å². The van der Waals surface area contributed by atoms with Gasteiger partial charge in [-0.2, -0.15) is 0 Å². The zero-order chi connectivity index (χ0) is 19.7. The first-order chi connectivity index (χ1) is 13.6. The summed E-state index contributed by atoms with van der Waals surface area (Å²) in [6, 6.07) is 8.00. The van der Waals surface area contributed by atoms with Crippen LogP contribution < -0.4 is 5.32 Å². The number of thiocarbonyl (C=S) groups is 1. The molecule has 8 nitrogen and oxygen atoms in total. The fourth-order valence-corrected chi connectivity index (χ4v) is 4.29. The van der Waals surface area contributed by atoms with Crippen molar-refractivity contribution < 1.29 is 5.11 Å². The van der Waals surface area contributed by atoms with Crippen molar-refractivity contribution in [1.82, 2.24) is 34.8 Å². The average Bonchev–Trinajstić information content (AvgIpc) is 3.39. The lowest BCUT2D eigenvalue weighted by atomic mass is 9.96. The second-order valence-electron chi connectivity index (χ2n) is 6.88. The molecule has 2 N–H and O–H groups in total. The van der Waals surface area contributed by atoms with E-state index in [4.69, 9.17) is 12.2 Å². The van der Waals surface area contributed by atoms with Gasteiger partial charge in [0.05, 0.1) is 17.8 Å². The van der Waals surface area contributed by atoms with Crippen molar-refractivity contribution in [3.8, 4) is 0 Å². The quantitative estimate of drug-likeness (QED) is 0.613. The molecule has 3 aromatic heterocycles. The van der Waals surface area contributed by atoms with E-state index in [2.05, 4.69) is 50.0 Å². The van der Waals surface area contributed by atoms with Crippen molar-refractivity contribution in [1.29, 1.82) is 0 Å². The summed E-state index contributed by atoms with van der Waals surface area (Å²) in [5, 5.41) is 21.3. The maximum absolute atomic E-state index is 9.36. The largest absolute Gasteiger partial charge is 0.396 e. The lowest BCUT2D eigenvalue weighted by molar-refractivity contribution is 0.247. The third-order valence-corrected chi connectivity index (χ3v) is 5.50. The summed E-state index contributed by atoms with van der Waals surface area (Å²) in [7, 11) is 0. The molecule has 0 amide bonds. The van der Waals surface area contributed by atoms with Crippen molar-refractivity contribution in [2.75, 3.05) is 13.2 Å². The van der Waals surface area contributed by atoms with Gasteiger partial charge in [-0.25, -0.2) is 4.68 Å². The van der Waals surface area contributed by atoms with Gasteiger partial charge in [0.1, 0.15) is 12.7 Å². The van der Waals surface area contributed by atoms with Gasteiger partial charge in [-0.15, -0.1) is 10.2 Å². The molecule has 0 radical (unpaired) electrons. The number of pyridine rings is 1. The Morgan fingerprint density at radius 3 is 2.68 bits per heavy atom. The molecule has 146 valence electrons. The molecule has 0 bridgehead atoms. The molecule has 0 saturated carbocycles. The first-order valence-electron chi connectivity index (χ1n) is 9.25. The highest BCUT2D eigenvalue weighted by Crippen LogP contribution is 2.40. The summed E-state index contributed by atoms with van der Waals surface area (Å²) in [6.45, 7) is 4.95. The van der Waals surface area contributed by atoms with E-state index >= 15 is 0 Å². The molecule has 9 heteroatoms. The van der Waals surface area contributed by atoms with Crippen LogP contribution in [0.4, 0.5) is 0 Å². The number of hydrogen-bond acceptors (Lipinski definition) is 5. The van der Waals surface area contributed by atoms with Crippen LogP contribution in [-0.2, 0) is 0 Å². The van der Waals surface area contributed by atoms with Crippen molar-refractivity contribution in [3.05, 3.63) is 65.8 Å². The van der Waals surface area contributed by atoms with E-state index in [1.165, 1.54) is 0 Å². The van der Waals surface area contributed by atoms with Crippen molar-refractivity contribution >= 4 is 17.3 Å². The highest BCUT2D eigenvalue weighted by molar-refractivity contribution is 7.80. The molecule has 0 spiro atoms. The Morgan fingerprint density at radius 1 is 1.21 bits per heavy atom. The van der Waals surface area contributed by atoms with Crippen LogP contribution in [0.3, 0.4) is 0 Å². The van der Waals surface area contributed by atoms with Crippen molar-refractivity contribution in [2.24, 2.45) is 0 Å². The minimum Gasteiger partial charge on any atom is -0.396 e. The number of aromatic nitrogens is 5. The maximum atomic E-state index is 9.36. The fraction of sp³-hybridized carbons (Fsp3) is 0.368. The molecular weight excluding hydrogens is 374 g/mol. The van der Waals surface area contributed by atoms with Gasteiger partial charge in [0.25, 0.3) is 0 Å². The van der Waals surface area contributed by atoms with E-state index < -0.39 is 0 Å². The number of nitrogens with zero attached hydrogens (tertiary/aromatic N) is 6. The van der Waals surface area contributed by atoms with E-state index in [1.807, 2.05) is 22.9 Å². The molecule has 28 heavy (non-hydrogen) atoms. The molecule has 0 aromatic carbocycles. The summed E-state index contributed by atoms with van der Waals surface area (Å²) in [6.07, 6.45) is 5.81. The first kappa shape index (κ1) is 18.6. The van der Waals surface area contributed by atoms with E-state index in [-0.39, 0.29) is 18.7 Å². The lowest BCUT2D eigenvalue weighted by Crippen LogP contribution is -2.31. The molecule has 2 unspecified atom stereocenters. The Balaban J connectivity index is 1.81. The van der Waals surface area contributed by atoms with Crippen LogP contribution in [0.5, 0.6) is 0 Å². The topological polar surface area (TPSA) is 84.0 Å². The van der Waals surface area contributed by atoms with Gasteiger partial charge in [-0.05, 0) is 50.7 Å². The summed E-state index contributed by atoms with van der Waals surface area (Å²) in [4.78, 5) is 6.72. The van der Waals surface area contributed by atoms with Gasteiger partial charge in [-0.1, -0.05) is 6.07 Å². The number of nitrogens with one attached hydrogen (secondary N) is 1. The minimum atomic E-state index is -0.0674. The first-order valence-corrected chi connectivity index (χ1v) is 9.65. The number of aliphatic hydroxyl groups excluding tert-OH is 1. The maximum Gasteiger partial charge on any atom is 0.170 e. The molecule has 4 rings (SSSR count). The zero-order valence-corrected chi connectivity index (χ0v) is 16.7. The predicted octanol–water partition coefficient (Wildman–Crippen LogP) is 1.76. The molecule has 1 aliphatic heterocycles. The van der Waals surface area contributed by atoms with Gasteiger partial charge in [0.2, 0.25) is 0 Å². The van der Waals surface area contributed by atoms with Gasteiger partial charge >= 0.3 is 0 Å². The summed E-state index contributed by atoms with van der Waals surface area (Å²) < 4.78 is 3.94. The van der Waals surface area contributed by atoms with Crippen LogP contribution in [0.1, 0.15) is 41.1 Å². The van der Waals surface area contributed by atoms with Crippen LogP contribution in [0, 0.1) is 13.8 Å². The minimum absolute atomic E-state index is 0.0228. The standard InChI is InChI=1S/C19H23N7OS/c1-13-10-15(14(2)26(13)24-11-21-22-12-24)18-17(16-6-3-4-7-20-16)23-19(28)25(18)8-5-9-27/h3-4,6-7,10-12,17-18,27H,5,8-9H2,1-2H3,(H,23,28). The van der Waals surface area contributed by atoms with Gasteiger partial charge in [0, 0.05) is 36.3 Å². The number of rotatable bonds is 6. The molecular formula is C19H23N7OS. The van der Waals surface area contributed by atoms with Crippen LogP contribution in [0.15, 0.2) is 43.1 Å². The van der Waals surface area contributed by atoms with Crippen LogP contribution in [0.2, 0.25) is 0 Å². The Kier molecular flexibility index (Phi) is 5.10. The summed E-state index contributed by atoms with van der Waals surface area (Å²) in [5.74, 6) is 0. The van der Waals surface area contributed by atoms with Crippen LogP contribution >= 0.6 is 12.2 Å². The van der Waals surface area contributed by atoms with Gasteiger partial charge in [0.15, 0.2) is 5.11 Å². The third kappa shape index (κ3) is 3.16. The summed E-state index contributed by atoms with van der Waals surface area (Å²) >= 11 is 5.64. The van der Waals surface area contributed by atoms with Gasteiger partial charge < -0.3 is 15.3 Å². The monoisotopic (exact) mass is 397 g/mol. The third-order valence-electron chi connectivity index (χ3n) is 5.15. The molecule has 3 aromatic rings. The van der Waals surface area contributed by atoms with Gasteiger partial charge in [-0.3, -0.25) is 9.66 Å². The molecule has 2 atom stereocenters. The predicted molar refractivity (Wildman–Crippen MR) is 109 cm³/mol. The molecule has 0 aliphatic carbocycles. The van der Waals surface area contributed by atoms with E-state index in [1.54, 1.807) is 18.9 Å². The Morgan fingerprint density at radius 2 is 2.00 bits per heavy atom. The van der Waals surface area contributed by atoms with E-state index in [0.717, 1.165) is 22.6 Å². The Bertz CT molecular complexity index is 954. The Hall–Kier alpha value is -2.78. The lowest BCUT2D eigenvalue weighted by Gasteiger charge is -2.28. The number of aliphatic hydroxyl groups is 1. The Labute approximate surface area is 168 Å². The van der Waals surface area contributed by atoms with Crippen LogP contribution in [-0.4, -0.2) is 52.8 Å². The van der Waals surface area contributed by atoms with Crippen LogP contribution in [0.25, 0.3) is 0 Å². The molecule has 4 heterocycles. The highest BCUT2D eigenvalue weighted by Gasteiger charge is 2.41. The van der Waals surface area contributed by atoms with Crippen molar-refractivity contribution in [2.45, 2.75) is 32.4 Å². The highest BCUT2D eigenvalue weighted by atomic mass is 32.1. The smallest absolute Gasteiger partial charge is 0.170 e.